The van der Waals surface area contributed by atoms with Crippen molar-refractivity contribution in [1.82, 2.24) is 10.2 Å². The zero-order valence-electron chi connectivity index (χ0n) is 16.7. The molecule has 9 heteroatoms. The van der Waals surface area contributed by atoms with E-state index in [9.17, 15) is 9.59 Å². The van der Waals surface area contributed by atoms with Crippen LogP contribution in [0.4, 0.5) is 5.69 Å². The fraction of sp³-hybridized carbons (Fsp3) is 0.579. The van der Waals surface area contributed by atoms with Crippen molar-refractivity contribution in [2.75, 3.05) is 36.5 Å². The summed E-state index contributed by atoms with van der Waals surface area (Å²) in [7, 11) is 0. The van der Waals surface area contributed by atoms with E-state index in [1.165, 1.54) is 17.1 Å². The molecule has 0 aromatic heterocycles. The topological polar surface area (TPSA) is 87.5 Å². The number of carbonyl (C=O) groups is 2. The lowest BCUT2D eigenvalue weighted by atomic mass is 10.1. The molecule has 2 rings (SSSR count). The van der Waals surface area contributed by atoms with Crippen LogP contribution in [0.5, 0.6) is 0 Å². The lowest BCUT2D eigenvalue weighted by molar-refractivity contribution is -0.125. The molecule has 1 aromatic carbocycles. The molecule has 4 N–H and O–H groups in total. The maximum absolute atomic E-state index is 12.2. The fourth-order valence-electron chi connectivity index (χ4n) is 2.70. The highest BCUT2D eigenvalue weighted by Crippen LogP contribution is 2.19. The van der Waals surface area contributed by atoms with Crippen LogP contribution < -0.4 is 16.4 Å². The quantitative estimate of drug-likeness (QED) is 0.593. The Labute approximate surface area is 184 Å². The van der Waals surface area contributed by atoms with Crippen LogP contribution in [0.15, 0.2) is 18.2 Å². The van der Waals surface area contributed by atoms with Crippen LogP contribution >= 0.6 is 36.6 Å². The van der Waals surface area contributed by atoms with Gasteiger partial charge in [0, 0.05) is 36.8 Å². The van der Waals surface area contributed by atoms with Crippen molar-refractivity contribution in [2.45, 2.75) is 33.4 Å². The molecule has 0 aliphatic carbocycles. The van der Waals surface area contributed by atoms with E-state index < -0.39 is 6.04 Å². The smallest absolute Gasteiger partial charge is 0.243 e. The van der Waals surface area contributed by atoms with Gasteiger partial charge in [-0.05, 0) is 30.0 Å². The monoisotopic (exact) mass is 450 g/mol. The average molecular weight is 451 g/mol. The molecule has 1 aliphatic heterocycles. The Morgan fingerprint density at radius 2 is 1.86 bits per heavy atom. The number of hydrogen-bond acceptors (Lipinski definition) is 5. The number of carbonyl (C=O) groups excluding carboxylic acids is 2. The highest BCUT2D eigenvalue weighted by Gasteiger charge is 2.18. The molecule has 1 aliphatic rings. The van der Waals surface area contributed by atoms with E-state index in [1.807, 2.05) is 44.7 Å². The van der Waals surface area contributed by atoms with Gasteiger partial charge in [-0.3, -0.25) is 14.5 Å². The van der Waals surface area contributed by atoms with Crippen molar-refractivity contribution in [3.8, 4) is 0 Å². The Kier molecular flexibility index (Phi) is 12.8. The zero-order valence-corrected chi connectivity index (χ0v) is 19.1. The van der Waals surface area contributed by atoms with Crippen molar-refractivity contribution in [2.24, 2.45) is 11.7 Å². The van der Waals surface area contributed by atoms with E-state index in [4.69, 9.17) is 5.73 Å². The molecule has 1 atom stereocenters. The van der Waals surface area contributed by atoms with Crippen molar-refractivity contribution in [3.63, 3.8) is 0 Å². The van der Waals surface area contributed by atoms with Crippen molar-refractivity contribution in [3.05, 3.63) is 29.3 Å². The summed E-state index contributed by atoms with van der Waals surface area (Å²) in [4.78, 5) is 26.5. The van der Waals surface area contributed by atoms with E-state index in [0.29, 0.717) is 0 Å². The minimum Gasteiger partial charge on any atom is -0.346 e. The third kappa shape index (κ3) is 8.57. The second kappa shape index (κ2) is 13.3. The third-order valence-corrected chi connectivity index (χ3v) is 5.47. The number of nitrogens with zero attached hydrogens (tertiary/aromatic N) is 1. The van der Waals surface area contributed by atoms with Crippen LogP contribution in [0.3, 0.4) is 0 Å². The van der Waals surface area contributed by atoms with Crippen LogP contribution in [0.2, 0.25) is 0 Å². The Bertz CT molecular complexity index is 640. The van der Waals surface area contributed by atoms with Crippen molar-refractivity contribution in [1.29, 1.82) is 0 Å². The first-order valence-corrected chi connectivity index (χ1v) is 10.2. The number of amides is 2. The summed E-state index contributed by atoms with van der Waals surface area (Å²) in [6.45, 7) is 8.73. The van der Waals surface area contributed by atoms with Crippen molar-refractivity contribution < 1.29 is 9.59 Å². The zero-order chi connectivity index (χ0) is 19.1. The first-order valence-electron chi connectivity index (χ1n) is 9.09. The number of benzene rings is 1. The molecule has 28 heavy (non-hydrogen) atoms. The van der Waals surface area contributed by atoms with E-state index >= 15 is 0 Å². The van der Waals surface area contributed by atoms with Crippen LogP contribution in [0.1, 0.15) is 25.0 Å². The molecule has 0 radical (unpaired) electrons. The summed E-state index contributed by atoms with van der Waals surface area (Å²) < 4.78 is 0. The Morgan fingerprint density at radius 1 is 1.21 bits per heavy atom. The van der Waals surface area contributed by atoms with Gasteiger partial charge in [0.1, 0.15) is 0 Å². The predicted octanol–water partition coefficient (Wildman–Crippen LogP) is 2.43. The highest BCUT2D eigenvalue weighted by atomic mass is 35.5. The van der Waals surface area contributed by atoms with Gasteiger partial charge >= 0.3 is 0 Å². The number of hydrogen-bond donors (Lipinski definition) is 3. The number of halogens is 2. The summed E-state index contributed by atoms with van der Waals surface area (Å²) in [5, 5.41) is 5.49. The molecule has 0 spiro atoms. The second-order valence-electron chi connectivity index (χ2n) is 7.07. The normalized spacial score (nSPS) is 15.2. The second-order valence-corrected chi connectivity index (χ2v) is 8.30. The molecule has 1 fully saturated rings. The lowest BCUT2D eigenvalue weighted by Crippen LogP contribution is -2.46. The highest BCUT2D eigenvalue weighted by molar-refractivity contribution is 7.99. The van der Waals surface area contributed by atoms with Gasteiger partial charge in [0.15, 0.2) is 0 Å². The van der Waals surface area contributed by atoms with Gasteiger partial charge in [-0.1, -0.05) is 26.0 Å². The minimum atomic E-state index is -0.601. The number of nitrogens with two attached hydrogens (primary N) is 1. The van der Waals surface area contributed by atoms with E-state index in [2.05, 4.69) is 21.6 Å². The van der Waals surface area contributed by atoms with Gasteiger partial charge in [0.25, 0.3) is 0 Å². The Balaban J connectivity index is 0.00000364. The van der Waals surface area contributed by atoms with E-state index in [0.717, 1.165) is 30.9 Å². The molecule has 2 amide bonds. The molecule has 160 valence electrons. The van der Waals surface area contributed by atoms with Gasteiger partial charge in [-0.2, -0.15) is 11.8 Å². The summed E-state index contributed by atoms with van der Waals surface area (Å²) in [5.74, 6) is 1.83. The van der Waals surface area contributed by atoms with Gasteiger partial charge in [-0.25, -0.2) is 0 Å². The van der Waals surface area contributed by atoms with Crippen LogP contribution in [-0.2, 0) is 16.1 Å². The number of nitrogens with one attached hydrogen (secondary N) is 2. The lowest BCUT2D eigenvalue weighted by Gasteiger charge is -2.26. The molecule has 1 heterocycles. The maximum atomic E-state index is 12.2. The van der Waals surface area contributed by atoms with Crippen molar-refractivity contribution >= 4 is 54.1 Å². The SMILES string of the molecule is Cc1ccc(CN2CCSCC2)cc1NC(=O)CNC(=O)[C@@H](N)C(C)C.Cl.Cl. The number of anilines is 1. The molecule has 0 saturated carbocycles. The van der Waals surface area contributed by atoms with Gasteiger partial charge in [0.05, 0.1) is 12.6 Å². The Hall–Kier alpha value is -0.990. The van der Waals surface area contributed by atoms with Gasteiger partial charge < -0.3 is 16.4 Å². The molecule has 0 bridgehead atoms. The fourth-order valence-corrected chi connectivity index (χ4v) is 3.68. The van der Waals surface area contributed by atoms with E-state index in [-0.39, 0.29) is 49.1 Å². The van der Waals surface area contributed by atoms with Crippen LogP contribution in [0.25, 0.3) is 0 Å². The maximum Gasteiger partial charge on any atom is 0.243 e. The number of thioether (sulfide) groups is 1. The predicted molar refractivity (Wildman–Crippen MR) is 123 cm³/mol. The Morgan fingerprint density at radius 3 is 2.46 bits per heavy atom. The summed E-state index contributed by atoms with van der Waals surface area (Å²) in [6, 6.07) is 5.56. The molecular formula is C19H32Cl2N4O2S. The standard InChI is InChI=1S/C19H30N4O2S.2ClH/c1-13(2)18(20)19(25)21-11-17(24)22-16-10-15(5-4-14(16)3)12-23-6-8-26-9-7-23;;/h4-5,10,13,18H,6-9,11-12,20H2,1-3H3,(H,21,25)(H,22,24);2*1H/t18-;;/m0../s1. The first kappa shape index (κ1) is 27.0. The van der Waals surface area contributed by atoms with Gasteiger partial charge in [0.2, 0.25) is 11.8 Å². The first-order chi connectivity index (χ1) is 12.4. The number of rotatable bonds is 7. The molecule has 1 aromatic rings. The summed E-state index contributed by atoms with van der Waals surface area (Å²) in [6.07, 6.45) is 0. The molecule has 6 nitrogen and oxygen atoms in total. The van der Waals surface area contributed by atoms with E-state index in [1.54, 1.807) is 0 Å². The molecular weight excluding hydrogens is 419 g/mol. The van der Waals surface area contributed by atoms with Crippen LogP contribution in [-0.4, -0.2) is 53.9 Å². The molecule has 1 saturated heterocycles. The average Bonchev–Trinajstić information content (AvgIpc) is 2.62. The van der Waals surface area contributed by atoms with Crippen LogP contribution in [0, 0.1) is 12.8 Å². The van der Waals surface area contributed by atoms with Gasteiger partial charge in [-0.15, -0.1) is 24.8 Å². The third-order valence-electron chi connectivity index (χ3n) is 4.53. The minimum absolute atomic E-state index is 0. The molecule has 0 unspecified atom stereocenters. The largest absolute Gasteiger partial charge is 0.346 e. The number of aryl methyl sites for hydroxylation is 1. The summed E-state index contributed by atoms with van der Waals surface area (Å²) in [5.41, 5.74) is 8.76. The summed E-state index contributed by atoms with van der Waals surface area (Å²) >= 11 is 1.99.